The molecule has 2 fully saturated rings. The minimum Gasteiger partial charge on any atom is -0.478 e. The molecule has 2 unspecified atom stereocenters. The Morgan fingerprint density at radius 2 is 2.05 bits per heavy atom. The Balaban J connectivity index is 1.87. The molecule has 2 saturated carbocycles. The van der Waals surface area contributed by atoms with E-state index in [1.54, 1.807) is 25.1 Å². The van der Waals surface area contributed by atoms with E-state index in [-0.39, 0.29) is 12.2 Å². The van der Waals surface area contributed by atoms with Crippen molar-refractivity contribution in [2.45, 2.75) is 43.9 Å². The molecule has 1 aromatic carbocycles. The molecular formula is C15H15F3O3. The number of carboxylic acid groups (broad SMARTS) is 1. The smallest absolute Gasteiger partial charge is 0.392 e. The van der Waals surface area contributed by atoms with Crippen molar-refractivity contribution < 1.29 is 27.8 Å². The number of hydrogen-bond donors (Lipinski definition) is 1. The second kappa shape index (κ2) is 4.39. The highest BCUT2D eigenvalue weighted by Gasteiger charge is 2.58. The standard InChI is InChI=1S/C15H15F3O3/c1-8-2-3-9(10-7-11(10)15(16,17)18)12(6-8)21-14(4-5-14)13(19)20/h2-3,6,10-11H,4-5,7H2,1H3,(H,19,20). The Morgan fingerprint density at radius 1 is 1.38 bits per heavy atom. The van der Waals surface area contributed by atoms with Crippen LogP contribution < -0.4 is 4.74 Å². The van der Waals surface area contributed by atoms with Gasteiger partial charge in [-0.15, -0.1) is 0 Å². The number of aliphatic carboxylic acids is 1. The van der Waals surface area contributed by atoms with Crippen molar-refractivity contribution >= 4 is 5.97 Å². The number of carbonyl (C=O) groups is 1. The highest BCUT2D eigenvalue weighted by molar-refractivity contribution is 5.81. The summed E-state index contributed by atoms with van der Waals surface area (Å²) in [5.74, 6) is -2.74. The predicted octanol–water partition coefficient (Wildman–Crippen LogP) is 3.66. The van der Waals surface area contributed by atoms with Crippen LogP contribution in [0.2, 0.25) is 0 Å². The van der Waals surface area contributed by atoms with Crippen molar-refractivity contribution in [1.29, 1.82) is 0 Å². The zero-order chi connectivity index (χ0) is 15.4. The van der Waals surface area contributed by atoms with Crippen LogP contribution in [0.5, 0.6) is 5.75 Å². The molecule has 114 valence electrons. The van der Waals surface area contributed by atoms with Gasteiger partial charge >= 0.3 is 12.1 Å². The average Bonchev–Trinajstić information content (AvgIpc) is 3.21. The van der Waals surface area contributed by atoms with Crippen LogP contribution >= 0.6 is 0 Å². The Bertz CT molecular complexity index is 590. The van der Waals surface area contributed by atoms with Crippen LogP contribution in [0, 0.1) is 12.8 Å². The molecule has 0 bridgehead atoms. The van der Waals surface area contributed by atoms with Crippen LogP contribution in [0.25, 0.3) is 0 Å². The van der Waals surface area contributed by atoms with E-state index in [9.17, 15) is 18.0 Å². The van der Waals surface area contributed by atoms with Gasteiger partial charge in [0.15, 0.2) is 0 Å². The molecule has 3 rings (SSSR count). The molecule has 0 aromatic heterocycles. The first-order valence-corrected chi connectivity index (χ1v) is 6.83. The second-order valence-electron chi connectivity index (χ2n) is 5.93. The number of carboxylic acids is 1. The molecule has 0 spiro atoms. The number of rotatable bonds is 4. The number of ether oxygens (including phenoxy) is 1. The zero-order valence-corrected chi connectivity index (χ0v) is 11.4. The maximum atomic E-state index is 12.7. The van der Waals surface area contributed by atoms with Gasteiger partial charge in [0, 0.05) is 12.8 Å². The van der Waals surface area contributed by atoms with Gasteiger partial charge in [-0.1, -0.05) is 12.1 Å². The SMILES string of the molecule is Cc1ccc(C2CC2C(F)(F)F)c(OC2(C(=O)O)CC2)c1. The second-order valence-corrected chi connectivity index (χ2v) is 5.93. The fourth-order valence-corrected chi connectivity index (χ4v) is 2.62. The molecule has 2 atom stereocenters. The van der Waals surface area contributed by atoms with Crippen LogP contribution in [0.4, 0.5) is 13.2 Å². The third kappa shape index (κ3) is 2.59. The van der Waals surface area contributed by atoms with E-state index in [1.807, 2.05) is 0 Å². The summed E-state index contributed by atoms with van der Waals surface area (Å²) < 4.78 is 43.8. The van der Waals surface area contributed by atoms with E-state index >= 15 is 0 Å². The molecular weight excluding hydrogens is 285 g/mol. The summed E-state index contributed by atoms with van der Waals surface area (Å²) in [4.78, 5) is 11.2. The van der Waals surface area contributed by atoms with Crippen LogP contribution in [-0.4, -0.2) is 22.9 Å². The van der Waals surface area contributed by atoms with Crippen molar-refractivity contribution in [3.8, 4) is 5.75 Å². The van der Waals surface area contributed by atoms with Gasteiger partial charge < -0.3 is 9.84 Å². The molecule has 0 saturated heterocycles. The van der Waals surface area contributed by atoms with Gasteiger partial charge in [0.25, 0.3) is 0 Å². The average molecular weight is 300 g/mol. The number of aryl methyl sites for hydroxylation is 1. The summed E-state index contributed by atoms with van der Waals surface area (Å²) in [5, 5.41) is 9.16. The lowest BCUT2D eigenvalue weighted by Crippen LogP contribution is -2.29. The van der Waals surface area contributed by atoms with E-state index < -0.39 is 29.6 Å². The number of alkyl halides is 3. The molecule has 1 aromatic rings. The van der Waals surface area contributed by atoms with E-state index in [0.717, 1.165) is 5.56 Å². The van der Waals surface area contributed by atoms with E-state index in [2.05, 4.69) is 0 Å². The van der Waals surface area contributed by atoms with Gasteiger partial charge in [-0.05, 0) is 36.5 Å². The quantitative estimate of drug-likeness (QED) is 0.923. The maximum Gasteiger partial charge on any atom is 0.392 e. The van der Waals surface area contributed by atoms with Crippen LogP contribution in [0.15, 0.2) is 18.2 Å². The lowest BCUT2D eigenvalue weighted by Gasteiger charge is -2.18. The highest BCUT2D eigenvalue weighted by atomic mass is 19.4. The molecule has 2 aliphatic rings. The Kier molecular flexibility index (Phi) is 2.97. The summed E-state index contributed by atoms with van der Waals surface area (Å²) in [7, 11) is 0. The normalized spacial score (nSPS) is 26.3. The molecule has 3 nitrogen and oxygen atoms in total. The van der Waals surface area contributed by atoms with Crippen LogP contribution in [-0.2, 0) is 4.79 Å². The first-order chi connectivity index (χ1) is 9.73. The fourth-order valence-electron chi connectivity index (χ4n) is 2.62. The summed E-state index contributed by atoms with van der Waals surface area (Å²) in [6, 6.07) is 4.98. The van der Waals surface area contributed by atoms with Crippen molar-refractivity contribution in [1.82, 2.24) is 0 Å². The number of benzene rings is 1. The minimum atomic E-state index is -4.21. The lowest BCUT2D eigenvalue weighted by atomic mass is 10.0. The van der Waals surface area contributed by atoms with E-state index in [4.69, 9.17) is 9.84 Å². The Morgan fingerprint density at radius 3 is 2.52 bits per heavy atom. The molecule has 21 heavy (non-hydrogen) atoms. The van der Waals surface area contributed by atoms with Crippen molar-refractivity contribution in [2.24, 2.45) is 5.92 Å². The molecule has 1 N–H and O–H groups in total. The Labute approximate surface area is 119 Å². The summed E-state index contributed by atoms with van der Waals surface area (Å²) in [6.07, 6.45) is -3.38. The highest BCUT2D eigenvalue weighted by Crippen LogP contribution is 2.58. The molecule has 0 radical (unpaired) electrons. The molecule has 0 heterocycles. The maximum absolute atomic E-state index is 12.7. The first kappa shape index (κ1) is 14.2. The van der Waals surface area contributed by atoms with Gasteiger partial charge in [-0.2, -0.15) is 13.2 Å². The third-order valence-corrected chi connectivity index (χ3v) is 4.18. The first-order valence-electron chi connectivity index (χ1n) is 6.83. The van der Waals surface area contributed by atoms with Gasteiger partial charge in [0.2, 0.25) is 5.60 Å². The fraction of sp³-hybridized carbons (Fsp3) is 0.533. The zero-order valence-electron chi connectivity index (χ0n) is 11.4. The number of halogens is 3. The third-order valence-electron chi connectivity index (χ3n) is 4.18. The Hall–Kier alpha value is -1.72. The lowest BCUT2D eigenvalue weighted by molar-refractivity contribution is -0.149. The minimum absolute atomic E-state index is 0.0446. The van der Waals surface area contributed by atoms with Crippen LogP contribution in [0.1, 0.15) is 36.3 Å². The van der Waals surface area contributed by atoms with E-state index in [0.29, 0.717) is 18.4 Å². The van der Waals surface area contributed by atoms with Crippen LogP contribution in [0.3, 0.4) is 0 Å². The summed E-state index contributed by atoms with van der Waals surface area (Å²) in [5.41, 5.74) is 0.0557. The van der Waals surface area contributed by atoms with E-state index in [1.165, 1.54) is 0 Å². The monoisotopic (exact) mass is 300 g/mol. The van der Waals surface area contributed by atoms with Gasteiger partial charge in [0.1, 0.15) is 5.75 Å². The summed E-state index contributed by atoms with van der Waals surface area (Å²) >= 11 is 0. The summed E-state index contributed by atoms with van der Waals surface area (Å²) in [6.45, 7) is 1.80. The molecule has 0 amide bonds. The van der Waals surface area contributed by atoms with Crippen molar-refractivity contribution in [2.75, 3.05) is 0 Å². The largest absolute Gasteiger partial charge is 0.478 e. The predicted molar refractivity (Wildman–Crippen MR) is 68.3 cm³/mol. The van der Waals surface area contributed by atoms with Gasteiger partial charge in [0.05, 0.1) is 5.92 Å². The molecule has 0 aliphatic heterocycles. The van der Waals surface area contributed by atoms with Crippen molar-refractivity contribution in [3.63, 3.8) is 0 Å². The number of hydrogen-bond acceptors (Lipinski definition) is 2. The van der Waals surface area contributed by atoms with Crippen molar-refractivity contribution in [3.05, 3.63) is 29.3 Å². The molecule has 2 aliphatic carbocycles. The van der Waals surface area contributed by atoms with Gasteiger partial charge in [-0.25, -0.2) is 4.79 Å². The molecule has 6 heteroatoms. The van der Waals surface area contributed by atoms with Gasteiger partial charge in [-0.3, -0.25) is 0 Å². The topological polar surface area (TPSA) is 46.5 Å².